The van der Waals surface area contributed by atoms with E-state index in [1.54, 1.807) is 21.4 Å². The summed E-state index contributed by atoms with van der Waals surface area (Å²) in [4.78, 5) is 12.3. The van der Waals surface area contributed by atoms with Crippen molar-refractivity contribution in [2.75, 3.05) is 13.1 Å². The molecule has 3 aromatic rings. The lowest BCUT2D eigenvalue weighted by molar-refractivity contribution is 0.158. The van der Waals surface area contributed by atoms with E-state index in [0.717, 1.165) is 12.1 Å². The van der Waals surface area contributed by atoms with Crippen molar-refractivity contribution in [1.82, 2.24) is 9.24 Å². The normalized spacial score (nSPS) is 20.4. The summed E-state index contributed by atoms with van der Waals surface area (Å²) in [5.74, 6) is -0.419. The molecule has 2 aliphatic heterocycles. The number of halogens is 2. The largest absolute Gasteiger partial charge is 0.515 e. The van der Waals surface area contributed by atoms with Gasteiger partial charge in [0.1, 0.15) is 23.1 Å². The van der Waals surface area contributed by atoms with Crippen LogP contribution >= 0.6 is 7.75 Å². The number of pyridine rings is 1. The van der Waals surface area contributed by atoms with Gasteiger partial charge in [0.25, 0.3) is 5.56 Å². The van der Waals surface area contributed by atoms with Crippen molar-refractivity contribution >= 4 is 7.75 Å². The summed E-state index contributed by atoms with van der Waals surface area (Å²) in [6.07, 6.45) is 0.868. The van der Waals surface area contributed by atoms with Gasteiger partial charge >= 0.3 is 7.75 Å². The quantitative estimate of drug-likeness (QED) is 0.514. The maximum Gasteiger partial charge on any atom is 0.515 e. The first-order chi connectivity index (χ1) is 15.4. The van der Waals surface area contributed by atoms with E-state index in [4.69, 9.17) is 9.05 Å². The molecule has 166 valence electrons. The zero-order chi connectivity index (χ0) is 22.3. The summed E-state index contributed by atoms with van der Waals surface area (Å²) in [5, 5.41) is 0. The topological polar surface area (TPSA) is 60.8 Å². The van der Waals surface area contributed by atoms with Gasteiger partial charge in [-0.15, -0.1) is 0 Å². The van der Waals surface area contributed by atoms with Crippen molar-refractivity contribution in [3.63, 3.8) is 0 Å². The average molecular weight is 458 g/mol. The van der Waals surface area contributed by atoms with Gasteiger partial charge in [-0.2, -0.15) is 4.67 Å². The van der Waals surface area contributed by atoms with Crippen LogP contribution in [0.1, 0.15) is 18.0 Å². The molecule has 32 heavy (non-hydrogen) atoms. The molecule has 5 rings (SSSR count). The van der Waals surface area contributed by atoms with Crippen LogP contribution in [0.15, 0.2) is 71.5 Å². The Balaban J connectivity index is 1.48. The van der Waals surface area contributed by atoms with E-state index in [1.165, 1.54) is 48.5 Å². The van der Waals surface area contributed by atoms with Gasteiger partial charge in [0.15, 0.2) is 0 Å². The highest BCUT2D eigenvalue weighted by atomic mass is 31.2. The van der Waals surface area contributed by atoms with Crippen LogP contribution in [0.5, 0.6) is 11.5 Å². The third-order valence-electron chi connectivity index (χ3n) is 5.88. The van der Waals surface area contributed by atoms with Crippen molar-refractivity contribution in [3.05, 3.63) is 94.4 Å². The number of aromatic nitrogens is 1. The first-order valence-electron chi connectivity index (χ1n) is 10.4. The second-order valence-corrected chi connectivity index (χ2v) is 10.00. The highest BCUT2D eigenvalue weighted by molar-refractivity contribution is 7.52. The predicted octanol–water partition coefficient (Wildman–Crippen LogP) is 4.81. The maximum absolute atomic E-state index is 14.1. The van der Waals surface area contributed by atoms with E-state index < -0.39 is 19.4 Å². The van der Waals surface area contributed by atoms with Crippen molar-refractivity contribution < 1.29 is 22.4 Å². The van der Waals surface area contributed by atoms with Gasteiger partial charge in [0, 0.05) is 37.3 Å². The fourth-order valence-corrected chi connectivity index (χ4v) is 6.34. The molecule has 2 atom stereocenters. The first kappa shape index (κ1) is 20.9. The van der Waals surface area contributed by atoms with Gasteiger partial charge in [-0.05, 0) is 66.9 Å². The Morgan fingerprint density at radius 3 is 2.00 bits per heavy atom. The van der Waals surface area contributed by atoms with E-state index in [9.17, 15) is 18.1 Å². The molecular formula is C23H21F2N2O4P. The summed E-state index contributed by atoms with van der Waals surface area (Å²) in [7, 11) is -3.95. The third-order valence-corrected chi connectivity index (χ3v) is 7.78. The molecule has 6 nitrogen and oxygen atoms in total. The highest BCUT2D eigenvalue weighted by Crippen LogP contribution is 2.55. The van der Waals surface area contributed by atoms with E-state index in [-0.39, 0.29) is 28.9 Å². The summed E-state index contributed by atoms with van der Waals surface area (Å²) < 4.78 is 56.0. The molecule has 2 aliphatic rings. The molecule has 1 fully saturated rings. The Morgan fingerprint density at radius 2 is 1.41 bits per heavy atom. The highest BCUT2D eigenvalue weighted by Gasteiger charge is 2.45. The molecule has 0 spiro atoms. The molecule has 0 aliphatic carbocycles. The number of benzene rings is 2. The van der Waals surface area contributed by atoms with Crippen LogP contribution in [0.25, 0.3) is 0 Å². The van der Waals surface area contributed by atoms with Gasteiger partial charge in [-0.3, -0.25) is 4.79 Å². The number of hydrogen-bond acceptors (Lipinski definition) is 4. The SMILES string of the molecule is O=c1cccc2n1C[C@H]1C[C@@H]2CN(P(=O)(Oc2ccc(F)cc2)Oc2ccc(F)cc2)C1. The number of fused-ring (bicyclic) bond motifs is 4. The second kappa shape index (κ2) is 8.19. The molecule has 2 aromatic carbocycles. The average Bonchev–Trinajstić information content (AvgIpc) is 2.78. The molecule has 0 N–H and O–H groups in total. The van der Waals surface area contributed by atoms with Gasteiger partial charge in [-0.1, -0.05) is 6.07 Å². The van der Waals surface area contributed by atoms with Crippen LogP contribution in [0.3, 0.4) is 0 Å². The molecule has 3 heterocycles. The van der Waals surface area contributed by atoms with Crippen molar-refractivity contribution in [2.24, 2.45) is 5.92 Å². The zero-order valence-electron chi connectivity index (χ0n) is 17.1. The maximum atomic E-state index is 14.1. The lowest BCUT2D eigenvalue weighted by atomic mass is 9.84. The minimum atomic E-state index is -3.95. The zero-order valence-corrected chi connectivity index (χ0v) is 18.0. The molecule has 1 saturated heterocycles. The molecule has 2 bridgehead atoms. The summed E-state index contributed by atoms with van der Waals surface area (Å²) in [6, 6.07) is 15.6. The second-order valence-electron chi connectivity index (χ2n) is 8.13. The number of hydrogen-bond donors (Lipinski definition) is 0. The van der Waals surface area contributed by atoms with Crippen LogP contribution in [-0.2, 0) is 11.1 Å². The molecule has 0 unspecified atom stereocenters. The van der Waals surface area contributed by atoms with Crippen molar-refractivity contribution in [3.8, 4) is 11.5 Å². The minimum Gasteiger partial charge on any atom is -0.404 e. The van der Waals surface area contributed by atoms with Crippen LogP contribution < -0.4 is 14.6 Å². The predicted molar refractivity (Wildman–Crippen MR) is 115 cm³/mol. The fraction of sp³-hybridized carbons (Fsp3) is 0.261. The van der Waals surface area contributed by atoms with Gasteiger partial charge < -0.3 is 13.6 Å². The molecule has 1 aromatic heterocycles. The Bertz CT molecular complexity index is 1180. The van der Waals surface area contributed by atoms with E-state index in [0.29, 0.717) is 19.6 Å². The van der Waals surface area contributed by atoms with Crippen LogP contribution in [0.2, 0.25) is 0 Å². The van der Waals surface area contributed by atoms with Gasteiger partial charge in [-0.25, -0.2) is 13.3 Å². The Hall–Kier alpha value is -2.96. The van der Waals surface area contributed by atoms with Crippen molar-refractivity contribution in [2.45, 2.75) is 18.9 Å². The minimum absolute atomic E-state index is 0.0154. The first-order valence-corrected chi connectivity index (χ1v) is 11.8. The summed E-state index contributed by atoms with van der Waals surface area (Å²) in [5.41, 5.74) is 0.854. The standard InChI is InChI=1S/C23H21F2N2O4P/c24-18-4-8-20(9-5-18)30-32(29,31-21-10-6-19(25)7-11-21)26-13-16-12-17(15-26)22-2-1-3-23(28)27(22)14-16/h1-11,16-17H,12-15H2/t16-,17+/m0/s1. The van der Waals surface area contributed by atoms with Crippen LogP contribution in [-0.4, -0.2) is 22.3 Å². The summed E-state index contributed by atoms with van der Waals surface area (Å²) in [6.45, 7) is 1.28. The lowest BCUT2D eigenvalue weighted by Gasteiger charge is -2.43. The van der Waals surface area contributed by atoms with Gasteiger partial charge in [0.2, 0.25) is 0 Å². The van der Waals surface area contributed by atoms with Crippen LogP contribution in [0.4, 0.5) is 8.78 Å². The number of piperidine rings is 1. The molecule has 0 saturated carbocycles. The Morgan fingerprint density at radius 1 is 0.812 bits per heavy atom. The monoisotopic (exact) mass is 458 g/mol. The van der Waals surface area contributed by atoms with E-state index in [1.807, 2.05) is 6.07 Å². The van der Waals surface area contributed by atoms with Gasteiger partial charge in [0.05, 0.1) is 0 Å². The Labute approximate surface area is 183 Å². The smallest absolute Gasteiger partial charge is 0.404 e. The summed E-state index contributed by atoms with van der Waals surface area (Å²) >= 11 is 0. The Kier molecular flexibility index (Phi) is 5.35. The molecule has 0 amide bonds. The molecule has 0 radical (unpaired) electrons. The number of nitrogens with zero attached hydrogens (tertiary/aromatic N) is 2. The molecular weight excluding hydrogens is 437 g/mol. The fourth-order valence-electron chi connectivity index (χ4n) is 4.46. The number of rotatable bonds is 5. The third kappa shape index (κ3) is 4.08. The van der Waals surface area contributed by atoms with Crippen LogP contribution in [0, 0.1) is 17.6 Å². The van der Waals surface area contributed by atoms with E-state index in [2.05, 4.69) is 0 Å². The van der Waals surface area contributed by atoms with E-state index >= 15 is 0 Å². The molecule has 9 heteroatoms. The van der Waals surface area contributed by atoms with Crippen molar-refractivity contribution in [1.29, 1.82) is 0 Å². The lowest BCUT2D eigenvalue weighted by Crippen LogP contribution is -2.46.